The van der Waals surface area contributed by atoms with Gasteiger partial charge in [-0.15, -0.1) is 5.10 Å². The molecule has 3 rings (SSSR count). The number of ether oxygens (including phenoxy) is 2. The Morgan fingerprint density at radius 1 is 1.32 bits per heavy atom. The highest BCUT2D eigenvalue weighted by atomic mass is 16.6. The highest BCUT2D eigenvalue weighted by Gasteiger charge is 2.20. The summed E-state index contributed by atoms with van der Waals surface area (Å²) in [7, 11) is 0. The molecule has 0 amide bonds. The number of hydrogen-bond acceptors (Lipinski definition) is 6. The number of hydrogen-bond donors (Lipinski definition) is 0. The van der Waals surface area contributed by atoms with Crippen molar-refractivity contribution in [2.45, 2.75) is 51.7 Å². The van der Waals surface area contributed by atoms with E-state index in [-0.39, 0.29) is 24.8 Å². The Hall–Kier alpha value is -2.28. The molecule has 2 aromatic rings. The van der Waals surface area contributed by atoms with Crippen molar-refractivity contribution in [1.82, 2.24) is 20.2 Å². The topological polar surface area (TPSA) is 79.1 Å². The molecule has 1 aliphatic rings. The van der Waals surface area contributed by atoms with Crippen LogP contribution in [0.3, 0.4) is 0 Å². The van der Waals surface area contributed by atoms with E-state index in [9.17, 15) is 4.79 Å². The summed E-state index contributed by atoms with van der Waals surface area (Å²) in [6, 6.07) is 7.59. The zero-order valence-electron chi connectivity index (χ0n) is 14.7. The van der Waals surface area contributed by atoms with Crippen LogP contribution in [0.15, 0.2) is 30.6 Å². The maximum atomic E-state index is 12.1. The van der Waals surface area contributed by atoms with Crippen LogP contribution in [0.1, 0.15) is 51.2 Å². The summed E-state index contributed by atoms with van der Waals surface area (Å²) in [6.07, 6.45) is 5.73. The lowest BCUT2D eigenvalue weighted by atomic mass is 9.89. The van der Waals surface area contributed by atoms with E-state index in [1.165, 1.54) is 19.2 Å². The van der Waals surface area contributed by atoms with Gasteiger partial charge in [0.1, 0.15) is 19.0 Å². The third kappa shape index (κ3) is 4.85. The number of tetrazole rings is 1. The minimum absolute atomic E-state index is 0.00999. The second-order valence-corrected chi connectivity index (χ2v) is 6.67. The molecule has 1 heterocycles. The molecule has 0 aliphatic heterocycles. The van der Waals surface area contributed by atoms with E-state index in [0.29, 0.717) is 0 Å². The molecule has 0 spiro atoms. The maximum absolute atomic E-state index is 12.1. The highest BCUT2D eigenvalue weighted by molar-refractivity contribution is 5.71. The Morgan fingerprint density at radius 3 is 2.84 bits per heavy atom. The second kappa shape index (κ2) is 8.20. The number of nitrogens with zero attached hydrogens (tertiary/aromatic N) is 4. The number of rotatable bonds is 6. The number of benzene rings is 1. The molecule has 0 saturated heterocycles. The van der Waals surface area contributed by atoms with Crippen LogP contribution < -0.4 is 0 Å². The van der Waals surface area contributed by atoms with E-state index < -0.39 is 0 Å². The molecule has 0 radical (unpaired) electrons. The Morgan fingerprint density at radius 2 is 2.12 bits per heavy atom. The van der Waals surface area contributed by atoms with Crippen LogP contribution in [-0.4, -0.2) is 38.9 Å². The summed E-state index contributed by atoms with van der Waals surface area (Å²) in [5, 5.41) is 11.1. The van der Waals surface area contributed by atoms with Crippen molar-refractivity contribution in [2.24, 2.45) is 5.92 Å². The van der Waals surface area contributed by atoms with Crippen LogP contribution in [0.2, 0.25) is 0 Å². The molecular formula is C18H24N4O3. The van der Waals surface area contributed by atoms with E-state index in [1.807, 2.05) is 31.2 Å². The molecule has 0 N–H and O–H groups in total. The van der Waals surface area contributed by atoms with Crippen molar-refractivity contribution in [1.29, 1.82) is 0 Å². The van der Waals surface area contributed by atoms with Gasteiger partial charge < -0.3 is 9.47 Å². The smallest absolute Gasteiger partial charge is 0.332 e. The molecule has 1 unspecified atom stereocenters. The number of esters is 1. The third-order valence-electron chi connectivity index (χ3n) is 4.66. The predicted octanol–water partition coefficient (Wildman–Crippen LogP) is 2.86. The first-order valence-electron chi connectivity index (χ1n) is 8.76. The van der Waals surface area contributed by atoms with E-state index in [0.717, 1.165) is 30.0 Å². The van der Waals surface area contributed by atoms with Crippen molar-refractivity contribution in [2.75, 3.05) is 6.61 Å². The van der Waals surface area contributed by atoms with Crippen molar-refractivity contribution in [3.8, 4) is 5.69 Å². The average molecular weight is 344 g/mol. The highest BCUT2D eigenvalue weighted by Crippen LogP contribution is 2.25. The van der Waals surface area contributed by atoms with Gasteiger partial charge in [0.2, 0.25) is 0 Å². The fourth-order valence-corrected chi connectivity index (χ4v) is 3.08. The molecule has 7 heteroatoms. The molecule has 1 fully saturated rings. The zero-order chi connectivity index (χ0) is 17.6. The molecule has 1 atom stereocenters. The first-order chi connectivity index (χ1) is 12.1. The Kier molecular flexibility index (Phi) is 5.75. The monoisotopic (exact) mass is 344 g/mol. The normalized spacial score (nSPS) is 21.7. The Labute approximate surface area is 147 Å². The van der Waals surface area contributed by atoms with Gasteiger partial charge in [0.25, 0.3) is 0 Å². The number of aromatic nitrogens is 4. The largest absolute Gasteiger partial charge is 0.456 e. The maximum Gasteiger partial charge on any atom is 0.332 e. The number of carbonyl (C=O) groups is 1. The fourth-order valence-electron chi connectivity index (χ4n) is 3.08. The summed E-state index contributed by atoms with van der Waals surface area (Å²) < 4.78 is 12.8. The third-order valence-corrected chi connectivity index (χ3v) is 4.66. The van der Waals surface area contributed by atoms with Gasteiger partial charge in [-0.05, 0) is 66.6 Å². The van der Waals surface area contributed by atoms with E-state index in [2.05, 4.69) is 22.4 Å². The summed E-state index contributed by atoms with van der Waals surface area (Å²) >= 11 is 0. The zero-order valence-corrected chi connectivity index (χ0v) is 14.7. The summed E-state index contributed by atoms with van der Waals surface area (Å²) in [4.78, 5) is 12.1. The quantitative estimate of drug-likeness (QED) is 0.750. The minimum Gasteiger partial charge on any atom is -0.456 e. The summed E-state index contributed by atoms with van der Waals surface area (Å²) in [5.41, 5.74) is 1.70. The van der Waals surface area contributed by atoms with Gasteiger partial charge in [0, 0.05) is 0 Å². The van der Waals surface area contributed by atoms with Crippen LogP contribution in [0.5, 0.6) is 0 Å². The van der Waals surface area contributed by atoms with Gasteiger partial charge in [-0.2, -0.15) is 0 Å². The summed E-state index contributed by atoms with van der Waals surface area (Å²) in [5.74, 6) is 0.429. The van der Waals surface area contributed by atoms with E-state index in [1.54, 1.807) is 4.68 Å². The SMILES string of the molecule is CC1CCC(OCC(=O)OC(C)c2cccc(-n3cnnn3)c2)CC1. The van der Waals surface area contributed by atoms with Crippen molar-refractivity contribution in [3.63, 3.8) is 0 Å². The van der Waals surface area contributed by atoms with Crippen LogP contribution in [0, 0.1) is 5.92 Å². The summed E-state index contributed by atoms with van der Waals surface area (Å²) in [6.45, 7) is 4.12. The first kappa shape index (κ1) is 17.5. The fraction of sp³-hybridized carbons (Fsp3) is 0.556. The lowest BCUT2D eigenvalue weighted by Crippen LogP contribution is -2.24. The first-order valence-corrected chi connectivity index (χ1v) is 8.76. The van der Waals surface area contributed by atoms with Gasteiger partial charge >= 0.3 is 5.97 Å². The Balaban J connectivity index is 1.50. The minimum atomic E-state index is -0.362. The molecule has 1 aliphatic carbocycles. The molecule has 134 valence electrons. The Bertz CT molecular complexity index is 681. The van der Waals surface area contributed by atoms with Gasteiger partial charge in [-0.3, -0.25) is 0 Å². The standard InChI is InChI=1S/C18H24N4O3/c1-13-6-8-17(9-7-13)24-11-18(23)25-14(2)15-4-3-5-16(10-15)22-12-19-20-21-22/h3-5,10,12-14,17H,6-9,11H2,1-2H3. The molecule has 25 heavy (non-hydrogen) atoms. The van der Waals surface area contributed by atoms with E-state index >= 15 is 0 Å². The molecule has 1 aromatic heterocycles. The van der Waals surface area contributed by atoms with Gasteiger partial charge in [-0.25, -0.2) is 9.48 Å². The predicted molar refractivity (Wildman–Crippen MR) is 91.0 cm³/mol. The lowest BCUT2D eigenvalue weighted by molar-refractivity contribution is -0.156. The molecule has 1 aromatic carbocycles. The van der Waals surface area contributed by atoms with E-state index in [4.69, 9.17) is 9.47 Å². The van der Waals surface area contributed by atoms with Crippen molar-refractivity contribution in [3.05, 3.63) is 36.2 Å². The van der Waals surface area contributed by atoms with Crippen LogP contribution in [-0.2, 0) is 14.3 Å². The van der Waals surface area contributed by atoms with Gasteiger partial charge in [0.05, 0.1) is 11.8 Å². The molecule has 0 bridgehead atoms. The van der Waals surface area contributed by atoms with Crippen LogP contribution in [0.4, 0.5) is 0 Å². The van der Waals surface area contributed by atoms with Crippen molar-refractivity contribution >= 4 is 5.97 Å². The molecule has 1 saturated carbocycles. The van der Waals surface area contributed by atoms with Crippen LogP contribution >= 0.6 is 0 Å². The van der Waals surface area contributed by atoms with Crippen LogP contribution in [0.25, 0.3) is 5.69 Å². The molecular weight excluding hydrogens is 320 g/mol. The van der Waals surface area contributed by atoms with Crippen molar-refractivity contribution < 1.29 is 14.3 Å². The average Bonchev–Trinajstić information content (AvgIpc) is 3.16. The number of carbonyl (C=O) groups excluding carboxylic acids is 1. The lowest BCUT2D eigenvalue weighted by Gasteiger charge is -2.26. The van der Waals surface area contributed by atoms with Gasteiger partial charge in [0.15, 0.2) is 0 Å². The second-order valence-electron chi connectivity index (χ2n) is 6.67. The molecule has 7 nitrogen and oxygen atoms in total. The van der Waals surface area contributed by atoms with Gasteiger partial charge in [-0.1, -0.05) is 19.1 Å².